The van der Waals surface area contributed by atoms with Gasteiger partial charge in [-0.3, -0.25) is 14.3 Å². The third-order valence-corrected chi connectivity index (χ3v) is 8.21. The normalized spacial score (nSPS) is 20.1. The zero-order chi connectivity index (χ0) is 25.1. The van der Waals surface area contributed by atoms with Gasteiger partial charge in [-0.25, -0.2) is 4.98 Å². The molecule has 3 aromatic rings. The zero-order valence-electron chi connectivity index (χ0n) is 21.0. The van der Waals surface area contributed by atoms with Crippen LogP contribution in [0, 0.1) is 11.8 Å². The molecule has 3 aromatic heterocycles. The number of nitrogens with one attached hydrogen (secondary N) is 1. The molecule has 2 aliphatic rings. The van der Waals surface area contributed by atoms with Crippen LogP contribution in [0.4, 0.5) is 11.5 Å². The molecular formula is C27H34N6O2S. The van der Waals surface area contributed by atoms with Crippen LogP contribution < -0.4 is 10.2 Å². The molecule has 5 rings (SSSR count). The van der Waals surface area contributed by atoms with Crippen molar-refractivity contribution in [2.75, 3.05) is 36.4 Å². The predicted octanol–water partition coefficient (Wildman–Crippen LogP) is 4.75. The van der Waals surface area contributed by atoms with Crippen LogP contribution >= 0.6 is 11.3 Å². The highest BCUT2D eigenvalue weighted by Gasteiger charge is 2.34. The molecule has 0 spiro atoms. The lowest BCUT2D eigenvalue weighted by Gasteiger charge is -2.37. The number of hydrogen-bond donors (Lipinski definition) is 1. The van der Waals surface area contributed by atoms with E-state index in [1.54, 1.807) is 22.2 Å². The maximum absolute atomic E-state index is 13.1. The van der Waals surface area contributed by atoms with Crippen molar-refractivity contribution >= 4 is 34.7 Å². The highest BCUT2D eigenvalue weighted by Crippen LogP contribution is 2.33. The van der Waals surface area contributed by atoms with Crippen molar-refractivity contribution < 1.29 is 9.59 Å². The molecular weight excluding hydrogens is 472 g/mol. The van der Waals surface area contributed by atoms with Crippen LogP contribution in [-0.4, -0.2) is 57.7 Å². The van der Waals surface area contributed by atoms with Crippen LogP contribution in [0.3, 0.4) is 0 Å². The number of amides is 2. The summed E-state index contributed by atoms with van der Waals surface area (Å²) in [6.07, 6.45) is 5.96. The fourth-order valence-corrected chi connectivity index (χ4v) is 5.95. The highest BCUT2D eigenvalue weighted by molar-refractivity contribution is 7.13. The van der Waals surface area contributed by atoms with Crippen LogP contribution in [-0.2, 0) is 11.3 Å². The molecule has 1 N–H and O–H groups in total. The average Bonchev–Trinajstić information content (AvgIpc) is 3.66. The molecule has 36 heavy (non-hydrogen) atoms. The topological polar surface area (TPSA) is 83.4 Å². The quantitative estimate of drug-likeness (QED) is 0.500. The van der Waals surface area contributed by atoms with E-state index >= 15 is 0 Å². The summed E-state index contributed by atoms with van der Waals surface area (Å²) in [5.41, 5.74) is 2.01. The summed E-state index contributed by atoms with van der Waals surface area (Å²) in [4.78, 5) is 35.8. The monoisotopic (exact) mass is 506 g/mol. The molecule has 2 amide bonds. The minimum atomic E-state index is -0.193. The van der Waals surface area contributed by atoms with Crippen molar-refractivity contribution in [3.8, 4) is 10.6 Å². The Morgan fingerprint density at radius 1 is 1.14 bits per heavy atom. The van der Waals surface area contributed by atoms with E-state index < -0.39 is 0 Å². The zero-order valence-corrected chi connectivity index (χ0v) is 21.8. The summed E-state index contributed by atoms with van der Waals surface area (Å²) < 4.78 is 1.78. The Morgan fingerprint density at radius 3 is 2.61 bits per heavy atom. The summed E-state index contributed by atoms with van der Waals surface area (Å²) in [6, 6.07) is 9.68. The number of nitrogens with zero attached hydrogens (tertiary/aromatic N) is 5. The average molecular weight is 507 g/mol. The Morgan fingerprint density at radius 2 is 1.97 bits per heavy atom. The fourth-order valence-electron chi connectivity index (χ4n) is 5.27. The molecule has 1 saturated heterocycles. The number of anilines is 2. The molecule has 190 valence electrons. The first-order valence-corrected chi connectivity index (χ1v) is 13.8. The maximum Gasteiger partial charge on any atom is 0.273 e. The molecule has 0 unspecified atom stereocenters. The number of carbonyl (C=O) groups excluding carboxylic acids is 2. The van der Waals surface area contributed by atoms with E-state index in [4.69, 9.17) is 0 Å². The summed E-state index contributed by atoms with van der Waals surface area (Å²) >= 11 is 1.61. The van der Waals surface area contributed by atoms with Gasteiger partial charge in [-0.15, -0.1) is 11.3 Å². The molecule has 0 radical (unpaired) electrons. The van der Waals surface area contributed by atoms with Crippen molar-refractivity contribution in [1.82, 2.24) is 19.7 Å². The number of aryl methyl sites for hydroxylation is 1. The van der Waals surface area contributed by atoms with Crippen LogP contribution in [0.5, 0.6) is 0 Å². The Balaban J connectivity index is 1.19. The maximum atomic E-state index is 13.1. The van der Waals surface area contributed by atoms with Crippen LogP contribution in [0.25, 0.3) is 10.6 Å². The number of rotatable bonds is 7. The second-order valence-corrected chi connectivity index (χ2v) is 10.7. The number of hydrogen-bond acceptors (Lipinski definition) is 6. The molecule has 1 aliphatic carbocycles. The van der Waals surface area contributed by atoms with Crippen molar-refractivity contribution in [2.45, 2.75) is 46.1 Å². The number of piperazine rings is 1. The Bertz CT molecular complexity index is 1180. The lowest BCUT2D eigenvalue weighted by molar-refractivity contribution is -0.136. The molecule has 9 heteroatoms. The largest absolute Gasteiger partial charge is 0.353 e. The SMILES string of the molecule is CCCn1nc(-c2cccs2)cc1C(=O)Nc1ccc(N2CCN(C(=O)[C@H]3CCC[C@@H]3C)CC2)nc1. The standard InChI is InChI=1S/C27H34N6O2S/c1-3-11-33-23(17-22(30-33)24-8-5-16-36-24)26(34)29-20-9-10-25(28-18-20)31-12-14-32(15-13-31)27(35)21-7-4-6-19(21)2/h5,8-10,16-19,21H,3-4,6-7,11-15H2,1-2H3,(H,29,34)/t19-,21-/m0/s1. The Kier molecular flexibility index (Phi) is 7.36. The fraction of sp³-hybridized carbons (Fsp3) is 0.481. The van der Waals surface area contributed by atoms with E-state index in [9.17, 15) is 9.59 Å². The van der Waals surface area contributed by atoms with E-state index in [-0.39, 0.29) is 11.8 Å². The van der Waals surface area contributed by atoms with Gasteiger partial charge >= 0.3 is 0 Å². The Labute approximate surface area is 216 Å². The lowest BCUT2D eigenvalue weighted by atomic mass is 9.96. The van der Waals surface area contributed by atoms with Gasteiger partial charge in [0.25, 0.3) is 5.91 Å². The van der Waals surface area contributed by atoms with Gasteiger partial charge in [0.15, 0.2) is 0 Å². The first kappa shape index (κ1) is 24.5. The molecule has 0 bridgehead atoms. The van der Waals surface area contributed by atoms with E-state index in [1.165, 1.54) is 12.8 Å². The Hall–Kier alpha value is -3.20. The van der Waals surface area contributed by atoms with Gasteiger partial charge in [-0.1, -0.05) is 26.3 Å². The van der Waals surface area contributed by atoms with Gasteiger partial charge in [0.1, 0.15) is 17.2 Å². The highest BCUT2D eigenvalue weighted by atomic mass is 32.1. The van der Waals surface area contributed by atoms with E-state index in [0.29, 0.717) is 29.8 Å². The van der Waals surface area contributed by atoms with Gasteiger partial charge in [0.2, 0.25) is 5.91 Å². The summed E-state index contributed by atoms with van der Waals surface area (Å²) in [6.45, 7) is 7.96. The summed E-state index contributed by atoms with van der Waals surface area (Å²) in [5, 5.41) is 9.63. The summed E-state index contributed by atoms with van der Waals surface area (Å²) in [7, 11) is 0. The van der Waals surface area contributed by atoms with Crippen molar-refractivity contribution in [2.24, 2.45) is 11.8 Å². The molecule has 1 aliphatic heterocycles. The van der Waals surface area contributed by atoms with Gasteiger partial charge in [-0.2, -0.15) is 5.10 Å². The molecule has 4 heterocycles. The van der Waals surface area contributed by atoms with Gasteiger partial charge in [0, 0.05) is 38.6 Å². The minimum absolute atomic E-state index is 0.193. The third-order valence-electron chi connectivity index (χ3n) is 7.32. The predicted molar refractivity (Wildman–Crippen MR) is 143 cm³/mol. The van der Waals surface area contributed by atoms with Crippen molar-refractivity contribution in [3.05, 3.63) is 47.6 Å². The van der Waals surface area contributed by atoms with E-state index in [2.05, 4.69) is 34.1 Å². The second kappa shape index (κ2) is 10.8. The number of aromatic nitrogens is 3. The van der Waals surface area contributed by atoms with Crippen molar-refractivity contribution in [1.29, 1.82) is 0 Å². The van der Waals surface area contributed by atoms with Gasteiger partial charge in [-0.05, 0) is 54.8 Å². The third kappa shape index (κ3) is 5.16. The number of pyridine rings is 1. The van der Waals surface area contributed by atoms with E-state index in [1.807, 2.05) is 40.6 Å². The number of thiophene rings is 1. The number of carbonyl (C=O) groups is 2. The molecule has 8 nitrogen and oxygen atoms in total. The lowest BCUT2D eigenvalue weighted by Crippen LogP contribution is -2.50. The smallest absolute Gasteiger partial charge is 0.273 e. The van der Waals surface area contributed by atoms with E-state index in [0.717, 1.165) is 55.4 Å². The minimum Gasteiger partial charge on any atom is -0.353 e. The van der Waals surface area contributed by atoms with Gasteiger partial charge < -0.3 is 15.1 Å². The molecule has 2 fully saturated rings. The summed E-state index contributed by atoms with van der Waals surface area (Å²) in [5.74, 6) is 1.71. The molecule has 0 aromatic carbocycles. The van der Waals surface area contributed by atoms with Crippen LogP contribution in [0.1, 0.15) is 50.0 Å². The van der Waals surface area contributed by atoms with Gasteiger partial charge in [0.05, 0.1) is 16.8 Å². The van der Waals surface area contributed by atoms with Crippen molar-refractivity contribution in [3.63, 3.8) is 0 Å². The van der Waals surface area contributed by atoms with Crippen LogP contribution in [0.15, 0.2) is 41.9 Å². The molecule has 1 saturated carbocycles. The molecule has 2 atom stereocenters. The first-order valence-electron chi connectivity index (χ1n) is 13.0. The van der Waals surface area contributed by atoms with Crippen LogP contribution in [0.2, 0.25) is 0 Å². The second-order valence-electron chi connectivity index (χ2n) is 9.80. The first-order chi connectivity index (χ1) is 17.5.